The lowest BCUT2D eigenvalue weighted by atomic mass is 9.99. The van der Waals surface area contributed by atoms with Crippen molar-refractivity contribution in [1.29, 1.82) is 0 Å². The van der Waals surface area contributed by atoms with E-state index in [9.17, 15) is 23.2 Å². The van der Waals surface area contributed by atoms with Gasteiger partial charge in [0.05, 0.1) is 4.91 Å². The summed E-state index contributed by atoms with van der Waals surface area (Å²) in [5.41, 5.74) is 0.574. The molecule has 2 heterocycles. The van der Waals surface area contributed by atoms with Gasteiger partial charge in [-0.3, -0.25) is 19.3 Å². The summed E-state index contributed by atoms with van der Waals surface area (Å²) in [4.78, 5) is 38.0. The summed E-state index contributed by atoms with van der Waals surface area (Å²) in [5.74, 6) is -0.642. The van der Waals surface area contributed by atoms with Gasteiger partial charge in [-0.2, -0.15) is 8.78 Å². The van der Waals surface area contributed by atoms with Gasteiger partial charge in [0.1, 0.15) is 5.75 Å². The lowest BCUT2D eigenvalue weighted by molar-refractivity contribution is -0.128. The molecule has 2 fully saturated rings. The average Bonchev–Trinajstić information content (AvgIpc) is 2.97. The summed E-state index contributed by atoms with van der Waals surface area (Å²) in [7, 11) is 0. The van der Waals surface area contributed by atoms with Crippen LogP contribution in [0.1, 0.15) is 18.4 Å². The van der Waals surface area contributed by atoms with E-state index in [1.165, 1.54) is 30.3 Å². The van der Waals surface area contributed by atoms with Gasteiger partial charge >= 0.3 is 6.61 Å². The molecule has 0 spiro atoms. The van der Waals surface area contributed by atoms with Crippen molar-refractivity contribution in [3.8, 4) is 5.75 Å². The van der Waals surface area contributed by atoms with Crippen molar-refractivity contribution in [2.45, 2.75) is 19.5 Å². The molecule has 0 aromatic heterocycles. The Balaban J connectivity index is 1.53. The van der Waals surface area contributed by atoms with E-state index in [4.69, 9.17) is 4.74 Å². The van der Waals surface area contributed by atoms with Crippen LogP contribution in [0.2, 0.25) is 0 Å². The Kier molecular flexibility index (Phi) is 7.21. The van der Waals surface area contributed by atoms with E-state index in [1.54, 1.807) is 0 Å². The van der Waals surface area contributed by atoms with Crippen LogP contribution in [0.3, 0.4) is 0 Å². The van der Waals surface area contributed by atoms with Crippen LogP contribution in [-0.2, 0) is 14.3 Å². The average molecular weight is 426 g/mol. The van der Waals surface area contributed by atoms with Crippen molar-refractivity contribution in [3.63, 3.8) is 0 Å². The third-order valence-corrected chi connectivity index (χ3v) is 5.41. The molecule has 0 saturated carbocycles. The predicted molar refractivity (Wildman–Crippen MR) is 102 cm³/mol. The molecule has 3 amide bonds. The van der Waals surface area contributed by atoms with Crippen molar-refractivity contribution in [3.05, 3.63) is 34.7 Å². The highest BCUT2D eigenvalue weighted by Gasteiger charge is 2.34. The SMILES string of the molecule is O=C(NCCN1C(=O)S/C(=C\c2ccc(OC(F)F)cc2)C1=O)C1CCOCC1. The molecule has 0 atom stereocenters. The monoisotopic (exact) mass is 426 g/mol. The normalized spacial score (nSPS) is 19.3. The van der Waals surface area contributed by atoms with Crippen molar-refractivity contribution in [2.24, 2.45) is 5.92 Å². The molecule has 2 aliphatic heterocycles. The van der Waals surface area contributed by atoms with Crippen LogP contribution < -0.4 is 10.1 Å². The zero-order chi connectivity index (χ0) is 20.8. The Morgan fingerprint density at radius 2 is 1.97 bits per heavy atom. The summed E-state index contributed by atoms with van der Waals surface area (Å²) in [6.07, 6.45) is 2.84. The van der Waals surface area contributed by atoms with Gasteiger partial charge in [-0.15, -0.1) is 0 Å². The number of imide groups is 1. The highest BCUT2D eigenvalue weighted by molar-refractivity contribution is 8.18. The second-order valence-corrected chi connectivity index (χ2v) is 7.45. The van der Waals surface area contributed by atoms with E-state index in [0.29, 0.717) is 31.6 Å². The maximum atomic E-state index is 12.5. The molecule has 156 valence electrons. The van der Waals surface area contributed by atoms with E-state index in [-0.39, 0.29) is 35.6 Å². The zero-order valence-corrected chi connectivity index (χ0v) is 16.3. The number of halogens is 2. The van der Waals surface area contributed by atoms with Gasteiger partial charge < -0.3 is 14.8 Å². The van der Waals surface area contributed by atoms with Gasteiger partial charge in [0.15, 0.2) is 0 Å². The van der Waals surface area contributed by atoms with Gasteiger partial charge in [0.2, 0.25) is 5.91 Å². The number of hydrogen-bond donors (Lipinski definition) is 1. The van der Waals surface area contributed by atoms with Crippen LogP contribution in [0.4, 0.5) is 13.6 Å². The van der Waals surface area contributed by atoms with Gasteiger partial charge in [-0.05, 0) is 48.4 Å². The minimum absolute atomic E-state index is 0.00512. The lowest BCUT2D eigenvalue weighted by Crippen LogP contribution is -2.40. The van der Waals surface area contributed by atoms with E-state index in [2.05, 4.69) is 10.1 Å². The van der Waals surface area contributed by atoms with Crippen LogP contribution in [0.15, 0.2) is 29.2 Å². The molecule has 7 nitrogen and oxygen atoms in total. The Morgan fingerprint density at radius 1 is 1.28 bits per heavy atom. The summed E-state index contributed by atoms with van der Waals surface area (Å²) < 4.78 is 33.9. The molecule has 0 aliphatic carbocycles. The molecule has 0 unspecified atom stereocenters. The minimum Gasteiger partial charge on any atom is -0.435 e. The Labute approximate surface area is 170 Å². The fraction of sp³-hybridized carbons (Fsp3) is 0.421. The third kappa shape index (κ3) is 5.77. The van der Waals surface area contributed by atoms with Gasteiger partial charge in [0, 0.05) is 32.2 Å². The maximum Gasteiger partial charge on any atom is 0.387 e. The second kappa shape index (κ2) is 9.84. The standard InChI is InChI=1S/C19H20F2N2O5S/c20-18(21)28-14-3-1-12(2-4-14)11-15-17(25)23(19(26)29-15)8-7-22-16(24)13-5-9-27-10-6-13/h1-4,11,13,18H,5-10H2,(H,22,24)/b15-11-. The molecule has 0 radical (unpaired) electrons. The van der Waals surface area contributed by atoms with E-state index >= 15 is 0 Å². The first kappa shape index (κ1) is 21.3. The molecule has 0 bridgehead atoms. The van der Waals surface area contributed by atoms with Crippen LogP contribution in [-0.4, -0.2) is 54.9 Å². The Hall–Kier alpha value is -2.46. The topological polar surface area (TPSA) is 84.9 Å². The quantitative estimate of drug-likeness (QED) is 0.675. The smallest absolute Gasteiger partial charge is 0.387 e. The number of nitrogens with one attached hydrogen (secondary N) is 1. The molecule has 1 aromatic carbocycles. The molecule has 2 saturated heterocycles. The fourth-order valence-electron chi connectivity index (χ4n) is 2.98. The molecule has 1 N–H and O–H groups in total. The number of alkyl halides is 2. The minimum atomic E-state index is -2.91. The molecule has 3 rings (SSSR count). The number of rotatable bonds is 7. The number of benzene rings is 1. The second-order valence-electron chi connectivity index (χ2n) is 6.46. The molecule has 29 heavy (non-hydrogen) atoms. The Morgan fingerprint density at radius 3 is 2.62 bits per heavy atom. The first-order chi connectivity index (χ1) is 13.9. The highest BCUT2D eigenvalue weighted by atomic mass is 32.2. The van der Waals surface area contributed by atoms with E-state index in [1.807, 2.05) is 0 Å². The number of nitrogens with zero attached hydrogens (tertiary/aromatic N) is 1. The summed E-state index contributed by atoms with van der Waals surface area (Å²) in [5, 5.41) is 2.34. The maximum absolute atomic E-state index is 12.5. The van der Waals surface area contributed by atoms with Crippen LogP contribution in [0.5, 0.6) is 5.75 Å². The van der Waals surface area contributed by atoms with Crippen LogP contribution in [0, 0.1) is 5.92 Å². The fourth-order valence-corrected chi connectivity index (χ4v) is 3.85. The number of carbonyl (C=O) groups is 3. The number of carbonyl (C=O) groups excluding carboxylic acids is 3. The molecular formula is C19H20F2N2O5S. The number of amides is 3. The van der Waals surface area contributed by atoms with E-state index < -0.39 is 17.8 Å². The summed E-state index contributed by atoms with van der Waals surface area (Å²) in [6, 6.07) is 5.74. The molecule has 10 heteroatoms. The van der Waals surface area contributed by atoms with Crippen molar-refractivity contribution < 1.29 is 32.6 Å². The van der Waals surface area contributed by atoms with Gasteiger partial charge in [-0.1, -0.05) is 12.1 Å². The highest BCUT2D eigenvalue weighted by Crippen LogP contribution is 2.32. The number of thioether (sulfide) groups is 1. The largest absolute Gasteiger partial charge is 0.435 e. The molecule has 2 aliphatic rings. The Bertz CT molecular complexity index is 794. The van der Waals surface area contributed by atoms with E-state index in [0.717, 1.165) is 16.7 Å². The lowest BCUT2D eigenvalue weighted by Gasteiger charge is -2.21. The zero-order valence-electron chi connectivity index (χ0n) is 15.4. The van der Waals surface area contributed by atoms with Crippen LogP contribution in [0.25, 0.3) is 6.08 Å². The van der Waals surface area contributed by atoms with Gasteiger partial charge in [0.25, 0.3) is 11.1 Å². The van der Waals surface area contributed by atoms with Crippen LogP contribution >= 0.6 is 11.8 Å². The summed E-state index contributed by atoms with van der Waals surface area (Å²) >= 11 is 0.796. The third-order valence-electron chi connectivity index (χ3n) is 4.50. The van der Waals surface area contributed by atoms with Gasteiger partial charge in [-0.25, -0.2) is 0 Å². The van der Waals surface area contributed by atoms with Crippen molar-refractivity contribution in [1.82, 2.24) is 10.2 Å². The summed E-state index contributed by atoms with van der Waals surface area (Å²) in [6.45, 7) is -1.54. The van der Waals surface area contributed by atoms with Crippen molar-refractivity contribution >= 4 is 34.9 Å². The molecular weight excluding hydrogens is 406 g/mol. The number of hydrogen-bond acceptors (Lipinski definition) is 6. The first-order valence-corrected chi connectivity index (χ1v) is 9.91. The van der Waals surface area contributed by atoms with Crippen molar-refractivity contribution in [2.75, 3.05) is 26.3 Å². The number of ether oxygens (including phenoxy) is 2. The molecule has 1 aromatic rings. The first-order valence-electron chi connectivity index (χ1n) is 9.10. The predicted octanol–water partition coefficient (Wildman–Crippen LogP) is 2.87.